The number of nitrogens with zero attached hydrogens (tertiary/aromatic N) is 2. The molecule has 2 aromatic carbocycles. The Labute approximate surface area is 114 Å². The maximum absolute atomic E-state index is 11.5. The van der Waals surface area contributed by atoms with E-state index in [4.69, 9.17) is 16.3 Å². The molecule has 0 amide bonds. The largest absolute Gasteiger partial charge is 0.468 e. The lowest BCUT2D eigenvalue weighted by Crippen LogP contribution is -2.11. The fraction of sp³-hybridized carbons (Fsp3) is 0.143. The van der Waals surface area contributed by atoms with E-state index in [1.54, 1.807) is 4.57 Å². The van der Waals surface area contributed by atoms with Crippen LogP contribution < -0.4 is 0 Å². The molecule has 0 aliphatic carbocycles. The van der Waals surface area contributed by atoms with E-state index in [0.29, 0.717) is 0 Å². The molecule has 0 bridgehead atoms. The summed E-state index contributed by atoms with van der Waals surface area (Å²) in [5.41, 5.74) is 1.63. The average Bonchev–Trinajstić information content (AvgIpc) is 2.75. The van der Waals surface area contributed by atoms with E-state index in [0.717, 1.165) is 21.8 Å². The maximum Gasteiger partial charge on any atom is 0.325 e. The molecule has 4 nitrogen and oxygen atoms in total. The molecule has 96 valence electrons. The Kier molecular flexibility index (Phi) is 2.87. The standard InChI is InChI=1S/C14H11ClN2O2/c1-19-12(18)8-17-13-10-5-3-2-4-9(10)6-7-11(13)16-14(17)15/h2-7H,8H2,1H3. The molecule has 5 heteroatoms. The average molecular weight is 275 g/mol. The zero-order chi connectivity index (χ0) is 13.4. The van der Waals surface area contributed by atoms with Crippen LogP contribution in [0.5, 0.6) is 0 Å². The fourth-order valence-corrected chi connectivity index (χ4v) is 2.44. The molecule has 0 N–H and O–H groups in total. The lowest BCUT2D eigenvalue weighted by atomic mass is 10.1. The molecular weight excluding hydrogens is 264 g/mol. The highest BCUT2D eigenvalue weighted by Gasteiger charge is 2.14. The van der Waals surface area contributed by atoms with Crippen LogP contribution >= 0.6 is 11.6 Å². The Morgan fingerprint density at radius 2 is 2.11 bits per heavy atom. The molecule has 0 aliphatic rings. The second-order valence-electron chi connectivity index (χ2n) is 4.20. The smallest absolute Gasteiger partial charge is 0.325 e. The van der Waals surface area contributed by atoms with Crippen molar-refractivity contribution in [2.45, 2.75) is 6.54 Å². The van der Waals surface area contributed by atoms with Gasteiger partial charge in [0.15, 0.2) is 0 Å². The van der Waals surface area contributed by atoms with Gasteiger partial charge in [-0.1, -0.05) is 30.3 Å². The number of carbonyl (C=O) groups is 1. The summed E-state index contributed by atoms with van der Waals surface area (Å²) in [5, 5.41) is 2.39. The van der Waals surface area contributed by atoms with E-state index in [9.17, 15) is 4.79 Å². The van der Waals surface area contributed by atoms with Crippen LogP contribution in [-0.4, -0.2) is 22.6 Å². The summed E-state index contributed by atoms with van der Waals surface area (Å²) >= 11 is 6.11. The van der Waals surface area contributed by atoms with Gasteiger partial charge in [0.1, 0.15) is 6.54 Å². The number of ether oxygens (including phenoxy) is 1. The van der Waals surface area contributed by atoms with Crippen LogP contribution in [-0.2, 0) is 16.1 Å². The summed E-state index contributed by atoms with van der Waals surface area (Å²) in [5.74, 6) is -0.353. The quantitative estimate of drug-likeness (QED) is 0.675. The third-order valence-electron chi connectivity index (χ3n) is 3.10. The molecule has 0 fully saturated rings. The number of hydrogen-bond acceptors (Lipinski definition) is 3. The Hall–Kier alpha value is -2.07. The van der Waals surface area contributed by atoms with Crippen molar-refractivity contribution in [2.75, 3.05) is 7.11 Å². The SMILES string of the molecule is COC(=O)Cn1c(Cl)nc2ccc3ccccc3c21. The van der Waals surface area contributed by atoms with Crippen LogP contribution in [0, 0.1) is 0 Å². The number of carbonyl (C=O) groups excluding carboxylic acids is 1. The van der Waals surface area contributed by atoms with Gasteiger partial charge in [0, 0.05) is 5.39 Å². The van der Waals surface area contributed by atoms with Crippen molar-refractivity contribution in [3.63, 3.8) is 0 Å². The van der Waals surface area contributed by atoms with Gasteiger partial charge in [0.25, 0.3) is 0 Å². The lowest BCUT2D eigenvalue weighted by molar-refractivity contribution is -0.141. The number of hydrogen-bond donors (Lipinski definition) is 0. The number of methoxy groups -OCH3 is 1. The van der Waals surface area contributed by atoms with Crippen LogP contribution in [0.15, 0.2) is 36.4 Å². The number of fused-ring (bicyclic) bond motifs is 3. The van der Waals surface area contributed by atoms with Gasteiger partial charge in [0.2, 0.25) is 5.28 Å². The van der Waals surface area contributed by atoms with Gasteiger partial charge in [-0.15, -0.1) is 0 Å². The van der Waals surface area contributed by atoms with Crippen LogP contribution in [0.25, 0.3) is 21.8 Å². The van der Waals surface area contributed by atoms with E-state index in [1.807, 2.05) is 36.4 Å². The van der Waals surface area contributed by atoms with Crippen molar-refractivity contribution in [3.05, 3.63) is 41.7 Å². The Morgan fingerprint density at radius 1 is 1.32 bits per heavy atom. The van der Waals surface area contributed by atoms with E-state index < -0.39 is 0 Å². The maximum atomic E-state index is 11.5. The van der Waals surface area contributed by atoms with Gasteiger partial charge >= 0.3 is 5.97 Å². The van der Waals surface area contributed by atoms with Gasteiger partial charge in [0.05, 0.1) is 18.1 Å². The summed E-state index contributed by atoms with van der Waals surface area (Å²) < 4.78 is 6.37. The van der Waals surface area contributed by atoms with Crippen molar-refractivity contribution < 1.29 is 9.53 Å². The molecule has 3 aromatic rings. The molecule has 0 saturated heterocycles. The third kappa shape index (κ3) is 1.94. The van der Waals surface area contributed by atoms with Crippen LogP contribution in [0.1, 0.15) is 0 Å². The third-order valence-corrected chi connectivity index (χ3v) is 3.39. The number of aromatic nitrogens is 2. The monoisotopic (exact) mass is 274 g/mol. The summed E-state index contributed by atoms with van der Waals surface area (Å²) in [4.78, 5) is 15.8. The van der Waals surface area contributed by atoms with Crippen LogP contribution in [0.4, 0.5) is 0 Å². The molecule has 0 saturated carbocycles. The molecule has 1 heterocycles. The molecule has 0 radical (unpaired) electrons. The van der Waals surface area contributed by atoms with Crippen molar-refractivity contribution >= 4 is 39.4 Å². The topological polar surface area (TPSA) is 44.1 Å². The van der Waals surface area contributed by atoms with Crippen LogP contribution in [0.3, 0.4) is 0 Å². The summed E-state index contributed by atoms with van der Waals surface area (Å²) in [6.07, 6.45) is 0. The predicted octanol–water partition coefficient (Wildman–Crippen LogP) is 3.02. The lowest BCUT2D eigenvalue weighted by Gasteiger charge is -2.06. The summed E-state index contributed by atoms with van der Waals surface area (Å²) in [6, 6.07) is 11.8. The van der Waals surface area contributed by atoms with E-state index in [1.165, 1.54) is 7.11 Å². The molecule has 1 aromatic heterocycles. The Morgan fingerprint density at radius 3 is 2.89 bits per heavy atom. The number of benzene rings is 2. The van der Waals surface area contributed by atoms with Gasteiger partial charge in [-0.2, -0.15) is 0 Å². The Balaban J connectivity index is 2.33. The molecular formula is C14H11ClN2O2. The summed E-state index contributed by atoms with van der Waals surface area (Å²) in [7, 11) is 1.35. The normalized spacial score (nSPS) is 11.1. The van der Waals surface area contributed by atoms with Gasteiger partial charge < -0.3 is 9.30 Å². The van der Waals surface area contributed by atoms with Crippen molar-refractivity contribution in [2.24, 2.45) is 0 Å². The van der Waals surface area contributed by atoms with E-state index in [2.05, 4.69) is 4.98 Å². The second-order valence-corrected chi connectivity index (χ2v) is 4.54. The minimum Gasteiger partial charge on any atom is -0.468 e. The molecule has 0 aliphatic heterocycles. The van der Waals surface area contributed by atoms with Crippen molar-refractivity contribution in [1.82, 2.24) is 9.55 Å². The van der Waals surface area contributed by atoms with Crippen LogP contribution in [0.2, 0.25) is 5.28 Å². The number of halogens is 1. The number of esters is 1. The van der Waals surface area contributed by atoms with E-state index in [-0.39, 0.29) is 17.8 Å². The van der Waals surface area contributed by atoms with Crippen molar-refractivity contribution in [1.29, 1.82) is 0 Å². The highest BCUT2D eigenvalue weighted by atomic mass is 35.5. The summed E-state index contributed by atoms with van der Waals surface area (Å²) in [6.45, 7) is 0.0554. The minimum atomic E-state index is -0.353. The molecule has 0 unspecified atom stereocenters. The van der Waals surface area contributed by atoms with Gasteiger partial charge in [-0.3, -0.25) is 4.79 Å². The number of rotatable bonds is 2. The van der Waals surface area contributed by atoms with Crippen molar-refractivity contribution in [3.8, 4) is 0 Å². The number of imidazole rings is 1. The highest BCUT2D eigenvalue weighted by molar-refractivity contribution is 6.30. The second kappa shape index (κ2) is 4.55. The highest BCUT2D eigenvalue weighted by Crippen LogP contribution is 2.28. The fourth-order valence-electron chi connectivity index (χ4n) is 2.21. The molecule has 0 spiro atoms. The zero-order valence-electron chi connectivity index (χ0n) is 10.3. The van der Waals surface area contributed by atoms with Gasteiger partial charge in [-0.05, 0) is 23.1 Å². The molecule has 0 atom stereocenters. The van der Waals surface area contributed by atoms with Gasteiger partial charge in [-0.25, -0.2) is 4.98 Å². The van der Waals surface area contributed by atoms with E-state index >= 15 is 0 Å². The first kappa shape index (κ1) is 12.0. The Bertz CT molecular complexity index is 780. The first-order valence-corrected chi connectivity index (χ1v) is 6.19. The molecule has 19 heavy (non-hydrogen) atoms. The zero-order valence-corrected chi connectivity index (χ0v) is 11.0. The first-order chi connectivity index (χ1) is 9.20. The molecule has 3 rings (SSSR count). The predicted molar refractivity (Wildman–Crippen MR) is 74.3 cm³/mol. The first-order valence-electron chi connectivity index (χ1n) is 5.81. The minimum absolute atomic E-state index is 0.0554.